The summed E-state index contributed by atoms with van der Waals surface area (Å²) in [5.74, 6) is 2.69. The summed E-state index contributed by atoms with van der Waals surface area (Å²) < 4.78 is 2.20. The number of rotatable bonds is 4. The van der Waals surface area contributed by atoms with E-state index in [2.05, 4.69) is 39.0 Å². The fourth-order valence-electron chi connectivity index (χ4n) is 2.80. The second kappa shape index (κ2) is 5.83. The number of unbranched alkanes of at least 4 members (excludes halogenated alkanes) is 1. The number of nitrogens with zero attached hydrogens (tertiary/aromatic N) is 2. The second-order valence-corrected chi connectivity index (χ2v) is 5.15. The van der Waals surface area contributed by atoms with Gasteiger partial charge in [-0.15, -0.1) is 12.3 Å². The number of fused-ring (bicyclic) bond motifs is 1. The zero-order valence-electron chi connectivity index (χ0n) is 11.6. The van der Waals surface area contributed by atoms with Crippen LogP contribution in [0.2, 0.25) is 0 Å². The number of imidazole rings is 1. The molecule has 3 heteroatoms. The molecule has 102 valence electrons. The zero-order valence-corrected chi connectivity index (χ0v) is 11.6. The molecule has 0 bridgehead atoms. The lowest BCUT2D eigenvalue weighted by Crippen LogP contribution is -2.13. The van der Waals surface area contributed by atoms with E-state index in [4.69, 9.17) is 6.42 Å². The summed E-state index contributed by atoms with van der Waals surface area (Å²) in [6.07, 6.45) is 13.3. The average Bonchev–Trinajstić information content (AvgIpc) is 2.95. The molecule has 1 aliphatic heterocycles. The predicted molar refractivity (Wildman–Crippen MR) is 82.5 cm³/mol. The summed E-state index contributed by atoms with van der Waals surface area (Å²) in [5, 5.41) is 3.54. The highest BCUT2D eigenvalue weighted by Crippen LogP contribution is 2.33. The van der Waals surface area contributed by atoms with E-state index < -0.39 is 0 Å². The Morgan fingerprint density at radius 1 is 1.40 bits per heavy atom. The molecule has 3 rings (SSSR count). The first-order valence-electron chi connectivity index (χ1n) is 7.20. The largest absolute Gasteiger partial charge is 0.384 e. The average molecular weight is 265 g/mol. The minimum atomic E-state index is 0.808. The number of para-hydroxylation sites is 1. The lowest BCUT2D eigenvalue weighted by Gasteiger charge is -2.21. The molecule has 20 heavy (non-hydrogen) atoms. The number of anilines is 1. The van der Waals surface area contributed by atoms with E-state index in [0.717, 1.165) is 32.4 Å². The van der Waals surface area contributed by atoms with Gasteiger partial charge in [-0.05, 0) is 24.8 Å². The van der Waals surface area contributed by atoms with E-state index >= 15 is 0 Å². The Morgan fingerprint density at radius 2 is 2.35 bits per heavy atom. The Bertz CT molecular complexity index is 634. The normalized spacial score (nSPS) is 13.3. The first-order valence-corrected chi connectivity index (χ1v) is 7.20. The Hall–Kier alpha value is -2.21. The summed E-state index contributed by atoms with van der Waals surface area (Å²) in [4.78, 5) is 4.31. The first kappa shape index (κ1) is 12.8. The molecular formula is C17H19N3. The Labute approximate surface area is 120 Å². The van der Waals surface area contributed by atoms with E-state index in [1.54, 1.807) is 0 Å². The van der Waals surface area contributed by atoms with Gasteiger partial charge in [-0.3, -0.25) is 0 Å². The van der Waals surface area contributed by atoms with Crippen LogP contribution in [0.3, 0.4) is 0 Å². The number of hydrogen-bond donors (Lipinski definition) is 1. The molecule has 0 amide bonds. The first-order chi connectivity index (χ1) is 9.90. The van der Waals surface area contributed by atoms with Crippen LogP contribution in [0.25, 0.3) is 11.3 Å². The summed E-state index contributed by atoms with van der Waals surface area (Å²) in [6.45, 7) is 1.97. The van der Waals surface area contributed by atoms with Crippen LogP contribution >= 0.6 is 0 Å². The van der Waals surface area contributed by atoms with Crippen molar-refractivity contribution in [2.24, 2.45) is 0 Å². The molecule has 1 aromatic heterocycles. The van der Waals surface area contributed by atoms with Gasteiger partial charge in [0, 0.05) is 30.8 Å². The monoisotopic (exact) mass is 265 g/mol. The SMILES string of the molecule is C#CCCCn1cncc1-c1cccc2c1NCCC2. The van der Waals surface area contributed by atoms with E-state index in [1.807, 2.05) is 12.5 Å². The topological polar surface area (TPSA) is 29.9 Å². The summed E-state index contributed by atoms with van der Waals surface area (Å²) in [5.41, 5.74) is 5.11. The van der Waals surface area contributed by atoms with Crippen molar-refractivity contribution in [1.29, 1.82) is 0 Å². The Balaban J connectivity index is 1.94. The third-order valence-corrected chi connectivity index (χ3v) is 3.78. The van der Waals surface area contributed by atoms with Crippen LogP contribution in [0.4, 0.5) is 5.69 Å². The van der Waals surface area contributed by atoms with Crippen LogP contribution in [0, 0.1) is 12.3 Å². The maximum atomic E-state index is 5.32. The molecule has 0 saturated heterocycles. The number of terminal acetylenes is 1. The molecule has 0 atom stereocenters. The number of hydrogen-bond acceptors (Lipinski definition) is 2. The third kappa shape index (κ3) is 2.42. The van der Waals surface area contributed by atoms with Crippen molar-refractivity contribution in [3.05, 3.63) is 36.3 Å². The molecule has 0 saturated carbocycles. The van der Waals surface area contributed by atoms with Crippen LogP contribution in [0.15, 0.2) is 30.7 Å². The molecule has 0 aliphatic carbocycles. The number of aryl methyl sites for hydroxylation is 2. The van der Waals surface area contributed by atoms with Gasteiger partial charge in [0.15, 0.2) is 0 Å². The number of nitrogens with one attached hydrogen (secondary N) is 1. The van der Waals surface area contributed by atoms with Gasteiger partial charge in [0.05, 0.1) is 18.2 Å². The fourth-order valence-corrected chi connectivity index (χ4v) is 2.80. The van der Waals surface area contributed by atoms with Gasteiger partial charge < -0.3 is 9.88 Å². The van der Waals surface area contributed by atoms with Gasteiger partial charge in [-0.25, -0.2) is 4.98 Å². The summed E-state index contributed by atoms with van der Waals surface area (Å²) >= 11 is 0. The summed E-state index contributed by atoms with van der Waals surface area (Å²) in [7, 11) is 0. The molecule has 0 fully saturated rings. The van der Waals surface area contributed by atoms with Crippen LogP contribution in [-0.2, 0) is 13.0 Å². The van der Waals surface area contributed by atoms with Crippen molar-refractivity contribution in [2.45, 2.75) is 32.2 Å². The fraction of sp³-hybridized carbons (Fsp3) is 0.353. The maximum Gasteiger partial charge on any atom is 0.0950 e. The van der Waals surface area contributed by atoms with E-state index in [-0.39, 0.29) is 0 Å². The molecule has 3 nitrogen and oxygen atoms in total. The minimum Gasteiger partial charge on any atom is -0.384 e. The molecule has 2 aromatic rings. The molecule has 0 radical (unpaired) electrons. The molecule has 1 N–H and O–H groups in total. The third-order valence-electron chi connectivity index (χ3n) is 3.78. The lowest BCUT2D eigenvalue weighted by atomic mass is 9.98. The van der Waals surface area contributed by atoms with Gasteiger partial charge in [-0.2, -0.15) is 0 Å². The molecule has 2 heterocycles. The van der Waals surface area contributed by atoms with Crippen molar-refractivity contribution >= 4 is 5.69 Å². The van der Waals surface area contributed by atoms with E-state index in [0.29, 0.717) is 0 Å². The Morgan fingerprint density at radius 3 is 3.25 bits per heavy atom. The predicted octanol–water partition coefficient (Wildman–Crippen LogP) is 3.32. The van der Waals surface area contributed by atoms with Crippen LogP contribution in [0.1, 0.15) is 24.8 Å². The van der Waals surface area contributed by atoms with Gasteiger partial charge in [0.1, 0.15) is 0 Å². The molecule has 1 aromatic carbocycles. The standard InChI is InChI=1S/C17H19N3/c1-2-3-4-11-20-13-18-12-16(20)15-9-5-7-14-8-6-10-19-17(14)15/h1,5,7,9,12-13,19H,3-4,6,8,10-11H2. The molecule has 1 aliphatic rings. The summed E-state index contributed by atoms with van der Waals surface area (Å²) in [6, 6.07) is 6.52. The van der Waals surface area contributed by atoms with Crippen molar-refractivity contribution in [3.63, 3.8) is 0 Å². The van der Waals surface area contributed by atoms with Crippen molar-refractivity contribution in [1.82, 2.24) is 9.55 Å². The Kier molecular flexibility index (Phi) is 3.73. The van der Waals surface area contributed by atoms with Crippen molar-refractivity contribution in [3.8, 4) is 23.6 Å². The smallest absolute Gasteiger partial charge is 0.0950 e. The number of aromatic nitrogens is 2. The van der Waals surface area contributed by atoms with Gasteiger partial charge >= 0.3 is 0 Å². The van der Waals surface area contributed by atoms with Crippen molar-refractivity contribution < 1.29 is 0 Å². The molecule has 0 spiro atoms. The second-order valence-electron chi connectivity index (χ2n) is 5.15. The van der Waals surface area contributed by atoms with Gasteiger partial charge in [0.25, 0.3) is 0 Å². The highest BCUT2D eigenvalue weighted by atomic mass is 15.0. The maximum absolute atomic E-state index is 5.32. The highest BCUT2D eigenvalue weighted by Gasteiger charge is 2.15. The number of benzene rings is 1. The lowest BCUT2D eigenvalue weighted by molar-refractivity contribution is 0.660. The van der Waals surface area contributed by atoms with E-state index in [9.17, 15) is 0 Å². The quantitative estimate of drug-likeness (QED) is 0.679. The van der Waals surface area contributed by atoms with Gasteiger partial charge in [0.2, 0.25) is 0 Å². The highest BCUT2D eigenvalue weighted by molar-refractivity contribution is 5.78. The van der Waals surface area contributed by atoms with Crippen molar-refractivity contribution in [2.75, 3.05) is 11.9 Å². The molecule has 0 unspecified atom stereocenters. The van der Waals surface area contributed by atoms with Crippen LogP contribution in [0.5, 0.6) is 0 Å². The minimum absolute atomic E-state index is 0.808. The van der Waals surface area contributed by atoms with E-state index in [1.165, 1.54) is 28.9 Å². The van der Waals surface area contributed by atoms with Gasteiger partial charge in [-0.1, -0.05) is 18.2 Å². The molecular weight excluding hydrogens is 246 g/mol. The van der Waals surface area contributed by atoms with Crippen LogP contribution < -0.4 is 5.32 Å². The van der Waals surface area contributed by atoms with Crippen LogP contribution in [-0.4, -0.2) is 16.1 Å². The zero-order chi connectivity index (χ0) is 13.8.